The summed E-state index contributed by atoms with van der Waals surface area (Å²) in [5, 5.41) is 3.41. The first-order chi connectivity index (χ1) is 6.79. The minimum absolute atomic E-state index is 0.650. The molecule has 3 heteroatoms. The second-order valence-corrected chi connectivity index (χ2v) is 3.60. The highest BCUT2D eigenvalue weighted by atomic mass is 16.5. The maximum atomic E-state index is 5.77. The Morgan fingerprint density at radius 2 is 2.29 bits per heavy atom. The van der Waals surface area contributed by atoms with Crippen LogP contribution in [0.2, 0.25) is 0 Å². The number of nitrogens with two attached hydrogens (primary N) is 1. The van der Waals surface area contributed by atoms with Crippen LogP contribution in [0, 0.1) is 0 Å². The maximum absolute atomic E-state index is 5.77. The molecule has 3 N–H and O–H groups in total. The fraction of sp³-hybridized carbons (Fsp3) is 0.455. The Morgan fingerprint density at radius 1 is 1.50 bits per heavy atom. The van der Waals surface area contributed by atoms with E-state index < -0.39 is 0 Å². The molecule has 76 valence electrons. The SMILES string of the molecule is CCOc1cc(NC2CC2)ccc1N. The van der Waals surface area contributed by atoms with Gasteiger partial charge in [0.2, 0.25) is 0 Å². The number of benzene rings is 1. The van der Waals surface area contributed by atoms with Crippen LogP contribution in [0.3, 0.4) is 0 Å². The van der Waals surface area contributed by atoms with Crippen molar-refractivity contribution in [3.8, 4) is 5.75 Å². The number of ether oxygens (including phenoxy) is 1. The Bertz CT molecular complexity index is 321. The molecule has 3 nitrogen and oxygen atoms in total. The van der Waals surface area contributed by atoms with E-state index in [-0.39, 0.29) is 0 Å². The van der Waals surface area contributed by atoms with Gasteiger partial charge in [0.15, 0.2) is 0 Å². The number of nitrogen functional groups attached to an aromatic ring is 1. The normalized spacial score (nSPS) is 15.2. The molecule has 0 aliphatic heterocycles. The fourth-order valence-corrected chi connectivity index (χ4v) is 1.37. The lowest BCUT2D eigenvalue weighted by Gasteiger charge is -2.10. The number of rotatable bonds is 4. The highest BCUT2D eigenvalue weighted by Gasteiger charge is 2.20. The number of anilines is 2. The van der Waals surface area contributed by atoms with Crippen LogP contribution in [0.15, 0.2) is 18.2 Å². The summed E-state index contributed by atoms with van der Waals surface area (Å²) in [5.41, 5.74) is 7.57. The van der Waals surface area contributed by atoms with E-state index in [4.69, 9.17) is 10.5 Å². The number of nitrogens with one attached hydrogen (secondary N) is 1. The molecule has 0 heterocycles. The molecule has 2 rings (SSSR count). The fourth-order valence-electron chi connectivity index (χ4n) is 1.37. The van der Waals surface area contributed by atoms with Gasteiger partial charge in [0.25, 0.3) is 0 Å². The molecule has 0 amide bonds. The number of hydrogen-bond donors (Lipinski definition) is 2. The van der Waals surface area contributed by atoms with Crippen LogP contribution in [0.5, 0.6) is 5.75 Å². The first-order valence-corrected chi connectivity index (χ1v) is 5.08. The lowest BCUT2D eigenvalue weighted by atomic mass is 10.2. The second-order valence-electron chi connectivity index (χ2n) is 3.60. The third-order valence-corrected chi connectivity index (χ3v) is 2.26. The van der Waals surface area contributed by atoms with Crippen LogP contribution in [-0.4, -0.2) is 12.6 Å². The molecule has 0 radical (unpaired) electrons. The summed E-state index contributed by atoms with van der Waals surface area (Å²) >= 11 is 0. The zero-order valence-corrected chi connectivity index (χ0v) is 8.42. The summed E-state index contributed by atoms with van der Waals surface area (Å²) in [4.78, 5) is 0. The monoisotopic (exact) mass is 192 g/mol. The molecule has 0 spiro atoms. The molecular formula is C11H16N2O. The molecule has 0 unspecified atom stereocenters. The predicted octanol–water partition coefficient (Wildman–Crippen LogP) is 2.24. The van der Waals surface area contributed by atoms with E-state index in [1.165, 1.54) is 12.8 Å². The molecule has 0 atom stereocenters. The third-order valence-electron chi connectivity index (χ3n) is 2.26. The van der Waals surface area contributed by atoms with Gasteiger partial charge < -0.3 is 15.8 Å². The molecule has 1 aromatic carbocycles. The van der Waals surface area contributed by atoms with Crippen molar-refractivity contribution in [3.63, 3.8) is 0 Å². The van der Waals surface area contributed by atoms with Crippen LogP contribution < -0.4 is 15.8 Å². The first-order valence-electron chi connectivity index (χ1n) is 5.08. The minimum atomic E-state index is 0.650. The topological polar surface area (TPSA) is 47.3 Å². The van der Waals surface area contributed by atoms with Crippen molar-refractivity contribution in [1.82, 2.24) is 0 Å². The van der Waals surface area contributed by atoms with Gasteiger partial charge in [-0.25, -0.2) is 0 Å². The average Bonchev–Trinajstić information content (AvgIpc) is 2.95. The summed E-state index contributed by atoms with van der Waals surface area (Å²) in [5.74, 6) is 0.776. The molecule has 1 fully saturated rings. The zero-order valence-electron chi connectivity index (χ0n) is 8.42. The van der Waals surface area contributed by atoms with Crippen LogP contribution in [0.25, 0.3) is 0 Å². The van der Waals surface area contributed by atoms with Crippen molar-refractivity contribution < 1.29 is 4.74 Å². The highest BCUT2D eigenvalue weighted by molar-refractivity contribution is 5.61. The van der Waals surface area contributed by atoms with Gasteiger partial charge in [0.05, 0.1) is 12.3 Å². The Morgan fingerprint density at radius 3 is 2.93 bits per heavy atom. The average molecular weight is 192 g/mol. The molecule has 1 aliphatic carbocycles. The Hall–Kier alpha value is -1.38. The number of hydrogen-bond acceptors (Lipinski definition) is 3. The second kappa shape index (κ2) is 3.78. The molecule has 0 aromatic heterocycles. The van der Waals surface area contributed by atoms with E-state index in [1.807, 2.05) is 25.1 Å². The quantitative estimate of drug-likeness (QED) is 0.719. The molecule has 1 saturated carbocycles. The van der Waals surface area contributed by atoms with Crippen molar-refractivity contribution in [2.75, 3.05) is 17.7 Å². The standard InChI is InChI=1S/C11H16N2O/c1-2-14-11-7-9(5-6-10(11)12)13-8-3-4-8/h5-8,13H,2-4,12H2,1H3. The predicted molar refractivity (Wildman–Crippen MR) is 58.7 cm³/mol. The lowest BCUT2D eigenvalue weighted by Crippen LogP contribution is -2.02. The van der Waals surface area contributed by atoms with Gasteiger partial charge in [-0.3, -0.25) is 0 Å². The highest BCUT2D eigenvalue weighted by Crippen LogP contribution is 2.29. The Labute approximate surface area is 84.3 Å². The van der Waals surface area contributed by atoms with Gasteiger partial charge in [0, 0.05) is 17.8 Å². The van der Waals surface area contributed by atoms with E-state index in [2.05, 4.69) is 5.32 Å². The van der Waals surface area contributed by atoms with Crippen LogP contribution in [0.4, 0.5) is 11.4 Å². The molecule has 1 aromatic rings. The summed E-state index contributed by atoms with van der Waals surface area (Å²) in [6.07, 6.45) is 2.54. The van der Waals surface area contributed by atoms with Gasteiger partial charge in [-0.15, -0.1) is 0 Å². The van der Waals surface area contributed by atoms with Crippen LogP contribution in [-0.2, 0) is 0 Å². The Balaban J connectivity index is 2.11. The smallest absolute Gasteiger partial charge is 0.144 e. The zero-order chi connectivity index (χ0) is 9.97. The summed E-state index contributed by atoms with van der Waals surface area (Å²) in [6, 6.07) is 6.51. The molecule has 1 aliphatic rings. The van der Waals surface area contributed by atoms with Crippen molar-refractivity contribution in [3.05, 3.63) is 18.2 Å². The van der Waals surface area contributed by atoms with E-state index in [0.717, 1.165) is 11.4 Å². The Kier molecular flexibility index (Phi) is 2.48. The largest absolute Gasteiger partial charge is 0.492 e. The van der Waals surface area contributed by atoms with E-state index in [0.29, 0.717) is 18.3 Å². The molecule has 14 heavy (non-hydrogen) atoms. The van der Waals surface area contributed by atoms with Gasteiger partial charge in [0.1, 0.15) is 5.75 Å². The summed E-state index contributed by atoms with van der Waals surface area (Å²) in [7, 11) is 0. The third kappa shape index (κ3) is 2.10. The van der Waals surface area contributed by atoms with Crippen LogP contribution >= 0.6 is 0 Å². The summed E-state index contributed by atoms with van der Waals surface area (Å²) < 4.78 is 5.41. The van der Waals surface area contributed by atoms with E-state index in [9.17, 15) is 0 Å². The van der Waals surface area contributed by atoms with Gasteiger partial charge in [-0.2, -0.15) is 0 Å². The van der Waals surface area contributed by atoms with Crippen molar-refractivity contribution in [1.29, 1.82) is 0 Å². The van der Waals surface area contributed by atoms with Crippen LogP contribution in [0.1, 0.15) is 19.8 Å². The lowest BCUT2D eigenvalue weighted by molar-refractivity contribution is 0.342. The van der Waals surface area contributed by atoms with Gasteiger partial charge in [-0.1, -0.05) is 0 Å². The first kappa shape index (κ1) is 9.19. The minimum Gasteiger partial charge on any atom is -0.492 e. The van der Waals surface area contributed by atoms with E-state index in [1.54, 1.807) is 0 Å². The molecule has 0 saturated heterocycles. The van der Waals surface area contributed by atoms with Crippen molar-refractivity contribution in [2.45, 2.75) is 25.8 Å². The molecular weight excluding hydrogens is 176 g/mol. The van der Waals surface area contributed by atoms with Crippen molar-refractivity contribution in [2.24, 2.45) is 0 Å². The maximum Gasteiger partial charge on any atom is 0.144 e. The summed E-state index contributed by atoms with van der Waals surface area (Å²) in [6.45, 7) is 2.61. The van der Waals surface area contributed by atoms with Gasteiger partial charge in [-0.05, 0) is 31.9 Å². The molecule has 0 bridgehead atoms. The van der Waals surface area contributed by atoms with Crippen molar-refractivity contribution >= 4 is 11.4 Å². The van der Waals surface area contributed by atoms with Gasteiger partial charge >= 0.3 is 0 Å². The van der Waals surface area contributed by atoms with E-state index >= 15 is 0 Å².